The lowest BCUT2D eigenvalue weighted by molar-refractivity contribution is -0.123. The molecule has 13 nitrogen and oxygen atoms in total. The highest BCUT2D eigenvalue weighted by Crippen LogP contribution is 2.04. The van der Waals surface area contributed by atoms with Gasteiger partial charge in [0.2, 0.25) is 11.8 Å². The maximum absolute atomic E-state index is 12.5. The van der Waals surface area contributed by atoms with E-state index in [-0.39, 0.29) is 39.1 Å². The summed E-state index contributed by atoms with van der Waals surface area (Å²) in [4.78, 5) is 48.0. The van der Waals surface area contributed by atoms with Crippen LogP contribution in [0.15, 0.2) is 0 Å². The fourth-order valence-corrected chi connectivity index (χ4v) is 2.72. The number of hydrogen-bond donors (Lipinski definition) is 6. The number of rotatable bonds is 18. The Morgan fingerprint density at radius 2 is 1.53 bits per heavy atom. The zero-order valence-electron chi connectivity index (χ0n) is 18.6. The largest absolute Gasteiger partial charge is 0.448 e. The number of unbranched alkanes of at least 4 members (excludes halogenated alkanes) is 2. The molecule has 0 aromatic carbocycles. The van der Waals surface area contributed by atoms with Crippen LogP contribution >= 0.6 is 0 Å². The number of carbonyl (C=O) groups is 4. The van der Waals surface area contributed by atoms with Crippen molar-refractivity contribution in [3.05, 3.63) is 0 Å². The Labute approximate surface area is 188 Å². The molecule has 0 aliphatic carbocycles. The number of ether oxygens (including phenoxy) is 2. The van der Waals surface area contributed by atoms with Crippen molar-refractivity contribution in [2.24, 2.45) is 28.7 Å². The molecule has 32 heavy (non-hydrogen) atoms. The maximum atomic E-state index is 12.5. The molecule has 0 saturated heterocycles. The first-order chi connectivity index (χ1) is 15.2. The minimum absolute atomic E-state index is 0.0836. The highest BCUT2D eigenvalue weighted by atomic mass is 16.6. The number of amides is 4. The molecule has 0 aromatic rings. The number of nitrogens with one attached hydrogen (secondary N) is 1. The standard InChI is InChI=1S/C19H39N7O6/c20-8-2-1-5-15(13-31-18(24)29)25-17(28)11-26(10-4-3-9-21)19(30)32-12-14(22)6-7-16(23)27/h14-15H,1-13,20-22H2,(H2,23,27)(H2,24,29)(H,25,28)/t14-,15+/m1/s1. The molecule has 0 aromatic heterocycles. The van der Waals surface area contributed by atoms with Crippen LogP contribution in [0.1, 0.15) is 44.9 Å². The van der Waals surface area contributed by atoms with E-state index in [4.69, 9.17) is 38.1 Å². The monoisotopic (exact) mass is 461 g/mol. The van der Waals surface area contributed by atoms with Gasteiger partial charge in [0, 0.05) is 19.0 Å². The summed E-state index contributed by atoms with van der Waals surface area (Å²) in [5.41, 5.74) is 26.9. The number of primary amides is 2. The molecular weight excluding hydrogens is 422 g/mol. The average Bonchev–Trinajstić information content (AvgIpc) is 2.73. The summed E-state index contributed by atoms with van der Waals surface area (Å²) in [6.45, 7) is 0.743. The molecule has 11 N–H and O–H groups in total. The van der Waals surface area contributed by atoms with Crippen LogP contribution in [-0.2, 0) is 19.1 Å². The van der Waals surface area contributed by atoms with E-state index < -0.39 is 36.1 Å². The molecule has 0 aliphatic heterocycles. The first-order valence-electron chi connectivity index (χ1n) is 10.8. The minimum atomic E-state index is -0.942. The van der Waals surface area contributed by atoms with Gasteiger partial charge in [0.1, 0.15) is 19.8 Å². The Bertz CT molecular complexity index is 578. The van der Waals surface area contributed by atoms with E-state index in [1.54, 1.807) is 0 Å². The maximum Gasteiger partial charge on any atom is 0.410 e. The zero-order chi connectivity index (χ0) is 24.4. The van der Waals surface area contributed by atoms with Crippen LogP contribution in [0, 0.1) is 0 Å². The summed E-state index contributed by atoms with van der Waals surface area (Å²) in [6, 6.07) is -1.02. The number of hydrogen-bond acceptors (Lipinski definition) is 9. The SMILES string of the molecule is NCCCC[C@@H](COC(N)=O)NC(=O)CN(CCCCN)C(=O)OC[C@H](N)CCC(N)=O. The zero-order valence-corrected chi connectivity index (χ0v) is 18.6. The van der Waals surface area contributed by atoms with E-state index in [9.17, 15) is 19.2 Å². The third-order valence-corrected chi connectivity index (χ3v) is 4.46. The topological polar surface area (TPSA) is 232 Å². The van der Waals surface area contributed by atoms with Gasteiger partial charge in [0.25, 0.3) is 0 Å². The second kappa shape index (κ2) is 18.0. The van der Waals surface area contributed by atoms with Crippen molar-refractivity contribution in [2.75, 3.05) is 39.4 Å². The van der Waals surface area contributed by atoms with Crippen molar-refractivity contribution in [3.8, 4) is 0 Å². The van der Waals surface area contributed by atoms with Crippen molar-refractivity contribution in [2.45, 2.75) is 57.0 Å². The Kier molecular flexibility index (Phi) is 16.5. The second-order valence-corrected chi connectivity index (χ2v) is 7.44. The first kappa shape index (κ1) is 29.4. The first-order valence-corrected chi connectivity index (χ1v) is 10.8. The van der Waals surface area contributed by atoms with Crippen LogP contribution in [0.4, 0.5) is 9.59 Å². The highest BCUT2D eigenvalue weighted by molar-refractivity contribution is 5.82. The highest BCUT2D eigenvalue weighted by Gasteiger charge is 2.21. The minimum Gasteiger partial charge on any atom is -0.448 e. The lowest BCUT2D eigenvalue weighted by atomic mass is 10.1. The van der Waals surface area contributed by atoms with Gasteiger partial charge in [-0.25, -0.2) is 9.59 Å². The summed E-state index contributed by atoms with van der Waals surface area (Å²) >= 11 is 0. The van der Waals surface area contributed by atoms with Gasteiger partial charge < -0.3 is 43.5 Å². The molecule has 2 atom stereocenters. The molecule has 13 heteroatoms. The summed E-state index contributed by atoms with van der Waals surface area (Å²) in [5.74, 6) is -0.938. The Morgan fingerprint density at radius 1 is 0.875 bits per heavy atom. The van der Waals surface area contributed by atoms with Crippen molar-refractivity contribution >= 4 is 24.0 Å². The van der Waals surface area contributed by atoms with Crippen LogP contribution < -0.4 is 34.0 Å². The van der Waals surface area contributed by atoms with Gasteiger partial charge in [0.05, 0.1) is 6.04 Å². The predicted molar refractivity (Wildman–Crippen MR) is 118 cm³/mol. The van der Waals surface area contributed by atoms with Gasteiger partial charge in [-0.1, -0.05) is 6.42 Å². The summed E-state index contributed by atoms with van der Waals surface area (Å²) < 4.78 is 9.99. The number of nitrogens with zero attached hydrogens (tertiary/aromatic N) is 1. The molecule has 186 valence electrons. The molecule has 0 fully saturated rings. The second-order valence-electron chi connectivity index (χ2n) is 7.44. The molecule has 0 unspecified atom stereocenters. The van der Waals surface area contributed by atoms with Crippen LogP contribution in [0.5, 0.6) is 0 Å². The predicted octanol–water partition coefficient (Wildman–Crippen LogP) is -1.53. The number of nitrogens with two attached hydrogens (primary N) is 5. The van der Waals surface area contributed by atoms with E-state index in [1.807, 2.05) is 0 Å². The van der Waals surface area contributed by atoms with E-state index >= 15 is 0 Å². The molecule has 0 aliphatic rings. The van der Waals surface area contributed by atoms with E-state index in [1.165, 1.54) is 4.90 Å². The molecule has 0 bridgehead atoms. The van der Waals surface area contributed by atoms with Gasteiger partial charge in [-0.3, -0.25) is 14.5 Å². The molecule has 0 radical (unpaired) electrons. The third kappa shape index (κ3) is 16.1. The van der Waals surface area contributed by atoms with Crippen molar-refractivity contribution in [3.63, 3.8) is 0 Å². The summed E-state index contributed by atoms with van der Waals surface area (Å²) in [6.07, 6.45) is 1.95. The average molecular weight is 462 g/mol. The van der Waals surface area contributed by atoms with Crippen LogP contribution in [0.3, 0.4) is 0 Å². The van der Waals surface area contributed by atoms with Gasteiger partial charge in [0.15, 0.2) is 0 Å². The van der Waals surface area contributed by atoms with Gasteiger partial charge in [-0.15, -0.1) is 0 Å². The summed E-state index contributed by atoms with van der Waals surface area (Å²) in [7, 11) is 0. The third-order valence-electron chi connectivity index (χ3n) is 4.46. The Morgan fingerprint density at radius 3 is 2.12 bits per heavy atom. The van der Waals surface area contributed by atoms with Gasteiger partial charge in [-0.2, -0.15) is 0 Å². The van der Waals surface area contributed by atoms with Gasteiger partial charge >= 0.3 is 12.2 Å². The van der Waals surface area contributed by atoms with Crippen molar-refractivity contribution < 1.29 is 28.7 Å². The number of carbonyl (C=O) groups excluding carboxylic acids is 4. The lowest BCUT2D eigenvalue weighted by Crippen LogP contribution is -2.47. The molecule has 0 rings (SSSR count). The van der Waals surface area contributed by atoms with E-state index in [0.29, 0.717) is 32.4 Å². The fraction of sp³-hybridized carbons (Fsp3) is 0.789. The van der Waals surface area contributed by atoms with Gasteiger partial charge in [-0.05, 0) is 45.2 Å². The Balaban J connectivity index is 4.84. The van der Waals surface area contributed by atoms with E-state index in [0.717, 1.165) is 12.8 Å². The molecule has 0 spiro atoms. The molecule has 0 saturated carbocycles. The van der Waals surface area contributed by atoms with Crippen molar-refractivity contribution in [1.82, 2.24) is 10.2 Å². The van der Waals surface area contributed by atoms with Crippen LogP contribution in [0.2, 0.25) is 0 Å². The molecule has 0 heterocycles. The Hall–Kier alpha value is -2.64. The van der Waals surface area contributed by atoms with Crippen molar-refractivity contribution in [1.29, 1.82) is 0 Å². The fourth-order valence-electron chi connectivity index (χ4n) is 2.72. The smallest absolute Gasteiger partial charge is 0.410 e. The summed E-state index contributed by atoms with van der Waals surface area (Å²) in [5, 5.41) is 2.74. The molecular formula is C19H39N7O6. The van der Waals surface area contributed by atoms with E-state index in [2.05, 4.69) is 5.32 Å². The molecule has 4 amide bonds. The lowest BCUT2D eigenvalue weighted by Gasteiger charge is -2.24. The quantitative estimate of drug-likeness (QED) is 0.130. The van der Waals surface area contributed by atoms with Crippen LogP contribution in [-0.4, -0.2) is 80.4 Å². The normalized spacial score (nSPS) is 12.5. The van der Waals surface area contributed by atoms with Crippen LogP contribution in [0.25, 0.3) is 0 Å².